The Hall–Kier alpha value is -3.86. The van der Waals surface area contributed by atoms with Gasteiger partial charge in [0, 0.05) is 19.4 Å². The van der Waals surface area contributed by atoms with E-state index < -0.39 is 18.0 Å². The van der Waals surface area contributed by atoms with E-state index in [0.717, 1.165) is 17.5 Å². The molecule has 0 aliphatic heterocycles. The van der Waals surface area contributed by atoms with Gasteiger partial charge in [-0.25, -0.2) is 4.79 Å². The largest absolute Gasteiger partial charge is 0.445 e. The maximum atomic E-state index is 12.2. The monoisotopic (exact) mass is 436 g/mol. The average molecular weight is 437 g/mol. The van der Waals surface area contributed by atoms with Crippen molar-refractivity contribution in [2.75, 3.05) is 6.54 Å². The third-order valence-corrected chi connectivity index (χ3v) is 4.76. The summed E-state index contributed by atoms with van der Waals surface area (Å²) in [7, 11) is 0. The van der Waals surface area contributed by atoms with Gasteiger partial charge < -0.3 is 21.1 Å². The highest BCUT2D eigenvalue weighted by Gasteiger charge is 2.18. The number of rotatable bonds is 12. The lowest BCUT2D eigenvalue weighted by Crippen LogP contribution is -2.45. The fraction of sp³-hybridized carbons (Fsp3) is 0.333. The Morgan fingerprint density at radius 2 is 1.69 bits per heavy atom. The number of carbonyl (C=O) groups is 3. The second-order valence-corrected chi connectivity index (χ2v) is 7.33. The van der Waals surface area contributed by atoms with Crippen LogP contribution in [0.15, 0.2) is 54.6 Å². The van der Waals surface area contributed by atoms with Gasteiger partial charge in [0.1, 0.15) is 12.6 Å². The molecule has 168 valence electrons. The molecule has 0 radical (unpaired) electrons. The summed E-state index contributed by atoms with van der Waals surface area (Å²) in [4.78, 5) is 35.5. The van der Waals surface area contributed by atoms with E-state index in [9.17, 15) is 14.4 Å². The first-order valence-electron chi connectivity index (χ1n) is 10.5. The fourth-order valence-corrected chi connectivity index (χ4v) is 2.99. The number of amides is 3. The highest BCUT2D eigenvalue weighted by Crippen LogP contribution is 2.07. The van der Waals surface area contributed by atoms with Gasteiger partial charge in [-0.2, -0.15) is 5.26 Å². The van der Waals surface area contributed by atoms with Crippen LogP contribution in [0.3, 0.4) is 0 Å². The van der Waals surface area contributed by atoms with Crippen molar-refractivity contribution in [1.29, 1.82) is 5.26 Å². The number of ether oxygens (including phenoxy) is 1. The summed E-state index contributed by atoms with van der Waals surface area (Å²) >= 11 is 0. The second-order valence-electron chi connectivity index (χ2n) is 7.33. The summed E-state index contributed by atoms with van der Waals surface area (Å²) < 4.78 is 5.13. The molecule has 2 aromatic rings. The normalized spacial score (nSPS) is 11.1. The number of primary amides is 1. The van der Waals surface area contributed by atoms with Crippen LogP contribution in [0.1, 0.15) is 42.4 Å². The minimum atomic E-state index is -0.809. The van der Waals surface area contributed by atoms with Crippen LogP contribution in [0, 0.1) is 11.3 Å². The van der Waals surface area contributed by atoms with Crippen molar-refractivity contribution >= 4 is 17.9 Å². The predicted octanol–water partition coefficient (Wildman–Crippen LogP) is 2.56. The molecule has 2 aromatic carbocycles. The Morgan fingerprint density at radius 1 is 0.969 bits per heavy atom. The Bertz CT molecular complexity index is 923. The number of hydrogen-bond donors (Lipinski definition) is 3. The van der Waals surface area contributed by atoms with Gasteiger partial charge in [0.05, 0.1) is 11.6 Å². The summed E-state index contributed by atoms with van der Waals surface area (Å²) in [5.41, 5.74) is 7.66. The Morgan fingerprint density at radius 3 is 2.34 bits per heavy atom. The fourth-order valence-electron chi connectivity index (χ4n) is 2.99. The number of alkyl carbamates (subject to hydrolysis) is 1. The van der Waals surface area contributed by atoms with Gasteiger partial charge in [-0.15, -0.1) is 0 Å². The van der Waals surface area contributed by atoms with E-state index in [1.54, 1.807) is 24.3 Å². The smallest absolute Gasteiger partial charge is 0.407 e. The molecule has 0 aromatic heterocycles. The molecule has 1 atom stereocenters. The Labute approximate surface area is 187 Å². The number of nitrogens with one attached hydrogen (secondary N) is 2. The van der Waals surface area contributed by atoms with E-state index in [1.807, 2.05) is 36.4 Å². The van der Waals surface area contributed by atoms with Gasteiger partial charge in [0.25, 0.3) is 0 Å². The van der Waals surface area contributed by atoms with Crippen molar-refractivity contribution in [2.24, 2.45) is 5.73 Å². The maximum Gasteiger partial charge on any atom is 0.407 e. The topological polar surface area (TPSA) is 134 Å². The predicted molar refractivity (Wildman–Crippen MR) is 119 cm³/mol. The molecule has 0 fully saturated rings. The zero-order valence-electron chi connectivity index (χ0n) is 17.9. The molecule has 0 spiro atoms. The van der Waals surface area contributed by atoms with Crippen LogP contribution in [0.25, 0.3) is 0 Å². The van der Waals surface area contributed by atoms with Gasteiger partial charge in [0.2, 0.25) is 11.8 Å². The van der Waals surface area contributed by atoms with Gasteiger partial charge >= 0.3 is 6.09 Å². The van der Waals surface area contributed by atoms with Gasteiger partial charge in [-0.05, 0) is 36.1 Å². The summed E-state index contributed by atoms with van der Waals surface area (Å²) in [6.07, 6.45) is 2.12. The van der Waals surface area contributed by atoms with Crippen molar-refractivity contribution in [1.82, 2.24) is 10.6 Å². The van der Waals surface area contributed by atoms with E-state index in [2.05, 4.69) is 10.6 Å². The SMILES string of the molecule is N#Cc1ccc(C[C@H](NC(=O)CCCCCNC(=O)OCc2ccccc2)C(N)=O)cc1. The van der Waals surface area contributed by atoms with Crippen molar-refractivity contribution in [2.45, 2.75) is 44.8 Å². The second kappa shape index (κ2) is 13.4. The van der Waals surface area contributed by atoms with E-state index in [-0.39, 0.29) is 25.4 Å². The quantitative estimate of drug-likeness (QED) is 0.440. The molecule has 8 heteroatoms. The molecule has 0 saturated carbocycles. The summed E-state index contributed by atoms with van der Waals surface area (Å²) in [6, 6.07) is 17.4. The van der Waals surface area contributed by atoms with Crippen LogP contribution < -0.4 is 16.4 Å². The van der Waals surface area contributed by atoms with Gasteiger partial charge in [-0.1, -0.05) is 48.9 Å². The van der Waals surface area contributed by atoms with Gasteiger partial charge in [0.15, 0.2) is 0 Å². The molecule has 32 heavy (non-hydrogen) atoms. The zero-order chi connectivity index (χ0) is 23.2. The standard InChI is InChI=1S/C24H28N4O4/c25-16-19-12-10-18(11-13-19)15-21(23(26)30)28-22(29)9-5-2-6-14-27-24(31)32-17-20-7-3-1-4-8-20/h1,3-4,7-8,10-13,21H,2,5-6,9,14-15,17H2,(H2,26,30)(H,27,31)(H,28,29)/t21-/m0/s1. The number of unbranched alkanes of at least 4 members (excludes halogenated alkanes) is 2. The zero-order valence-corrected chi connectivity index (χ0v) is 17.9. The number of nitriles is 1. The van der Waals surface area contributed by atoms with E-state index in [4.69, 9.17) is 15.7 Å². The van der Waals surface area contributed by atoms with Crippen LogP contribution in [0.4, 0.5) is 4.79 Å². The summed E-state index contributed by atoms with van der Waals surface area (Å²) in [6.45, 7) is 0.675. The minimum absolute atomic E-state index is 0.219. The molecule has 0 heterocycles. The third-order valence-electron chi connectivity index (χ3n) is 4.76. The first-order valence-corrected chi connectivity index (χ1v) is 10.5. The van der Waals surface area contributed by atoms with Gasteiger partial charge in [-0.3, -0.25) is 9.59 Å². The lowest BCUT2D eigenvalue weighted by Gasteiger charge is -2.15. The lowest BCUT2D eigenvalue weighted by molar-refractivity contribution is -0.127. The third kappa shape index (κ3) is 9.30. The molecule has 0 aliphatic carbocycles. The summed E-state index contributed by atoms with van der Waals surface area (Å²) in [5, 5.41) is 14.2. The molecule has 4 N–H and O–H groups in total. The molecule has 0 aliphatic rings. The molecule has 0 bridgehead atoms. The molecule has 0 unspecified atom stereocenters. The number of benzene rings is 2. The highest BCUT2D eigenvalue weighted by atomic mass is 16.5. The molecule has 8 nitrogen and oxygen atoms in total. The van der Waals surface area contributed by atoms with E-state index >= 15 is 0 Å². The first kappa shape index (κ1) is 24.4. The lowest BCUT2D eigenvalue weighted by atomic mass is 10.0. The summed E-state index contributed by atoms with van der Waals surface area (Å²) in [5.74, 6) is -0.862. The maximum absolute atomic E-state index is 12.2. The number of nitrogens with two attached hydrogens (primary N) is 1. The van der Waals surface area contributed by atoms with Crippen molar-refractivity contribution < 1.29 is 19.1 Å². The Kier molecular flexibility index (Phi) is 10.3. The highest BCUT2D eigenvalue weighted by molar-refractivity contribution is 5.86. The Balaban J connectivity index is 1.59. The number of hydrogen-bond acceptors (Lipinski definition) is 5. The van der Waals surface area contributed by atoms with E-state index in [1.165, 1.54) is 0 Å². The first-order chi connectivity index (χ1) is 15.5. The number of carbonyl (C=O) groups excluding carboxylic acids is 3. The van der Waals surface area contributed by atoms with E-state index in [0.29, 0.717) is 24.9 Å². The molecular formula is C24H28N4O4. The average Bonchev–Trinajstić information content (AvgIpc) is 2.80. The van der Waals surface area contributed by atoms with Crippen LogP contribution in [-0.4, -0.2) is 30.5 Å². The minimum Gasteiger partial charge on any atom is -0.445 e. The van der Waals surface area contributed by atoms with Crippen LogP contribution in [0.2, 0.25) is 0 Å². The molecule has 3 amide bonds. The van der Waals surface area contributed by atoms with Crippen molar-refractivity contribution in [3.8, 4) is 6.07 Å². The van der Waals surface area contributed by atoms with Crippen molar-refractivity contribution in [3.05, 3.63) is 71.3 Å². The van der Waals surface area contributed by atoms with Crippen LogP contribution >= 0.6 is 0 Å². The number of nitrogens with zero attached hydrogens (tertiary/aromatic N) is 1. The molecular weight excluding hydrogens is 408 g/mol. The van der Waals surface area contributed by atoms with Crippen LogP contribution in [-0.2, 0) is 27.4 Å². The molecule has 2 rings (SSSR count). The van der Waals surface area contributed by atoms with Crippen LogP contribution in [0.5, 0.6) is 0 Å². The molecule has 0 saturated heterocycles. The van der Waals surface area contributed by atoms with Crippen molar-refractivity contribution in [3.63, 3.8) is 0 Å².